The first kappa shape index (κ1) is 22.7. The molecule has 12 heteroatoms. The third kappa shape index (κ3) is 4.16. The van der Waals surface area contributed by atoms with Crippen molar-refractivity contribution in [3.8, 4) is 34.4 Å². The molecule has 0 saturated carbocycles. The molecule has 0 spiro atoms. The molecule has 0 radical (unpaired) electrons. The van der Waals surface area contributed by atoms with E-state index in [0.29, 0.717) is 57.4 Å². The Morgan fingerprint density at radius 1 is 0.892 bits per heavy atom. The highest BCUT2D eigenvalue weighted by Crippen LogP contribution is 2.41. The van der Waals surface area contributed by atoms with Crippen molar-refractivity contribution in [1.29, 1.82) is 0 Å². The molecular weight excluding hydrogens is 496 g/mol. The summed E-state index contributed by atoms with van der Waals surface area (Å²) in [5, 5.41) is 10.7. The highest BCUT2D eigenvalue weighted by Gasteiger charge is 2.19. The van der Waals surface area contributed by atoms with Crippen molar-refractivity contribution in [2.24, 2.45) is 0 Å². The molecule has 0 saturated heterocycles. The van der Waals surface area contributed by atoms with E-state index in [1.165, 1.54) is 0 Å². The van der Waals surface area contributed by atoms with Gasteiger partial charge in [-0.1, -0.05) is 0 Å². The fourth-order valence-electron chi connectivity index (χ4n) is 4.02. The molecule has 37 heavy (non-hydrogen) atoms. The third-order valence-corrected chi connectivity index (χ3v) is 6.41. The lowest BCUT2D eigenvalue weighted by atomic mass is 10.2. The summed E-state index contributed by atoms with van der Waals surface area (Å²) in [6, 6.07) is 11.2. The Morgan fingerprint density at radius 3 is 2.43 bits per heavy atom. The molecule has 2 N–H and O–H groups in total. The van der Waals surface area contributed by atoms with Crippen LogP contribution in [0.15, 0.2) is 53.5 Å². The van der Waals surface area contributed by atoms with Crippen LogP contribution in [-0.4, -0.2) is 47.6 Å². The maximum absolute atomic E-state index is 5.52. The summed E-state index contributed by atoms with van der Waals surface area (Å²) in [5.74, 6) is 3.74. The molecule has 2 aromatic carbocycles. The maximum atomic E-state index is 5.52. The second-order valence-electron chi connectivity index (χ2n) is 7.90. The summed E-state index contributed by atoms with van der Waals surface area (Å²) >= 11 is 1.59. The number of ether oxygens (including phenoxy) is 5. The van der Waals surface area contributed by atoms with Crippen molar-refractivity contribution in [1.82, 2.24) is 19.5 Å². The van der Waals surface area contributed by atoms with Gasteiger partial charge in [-0.2, -0.15) is 21.3 Å². The van der Waals surface area contributed by atoms with Crippen LogP contribution in [0, 0.1) is 0 Å². The molecule has 4 heterocycles. The Morgan fingerprint density at radius 2 is 1.70 bits per heavy atom. The van der Waals surface area contributed by atoms with Gasteiger partial charge in [-0.15, -0.1) is 0 Å². The Labute approximate surface area is 215 Å². The summed E-state index contributed by atoms with van der Waals surface area (Å²) in [7, 11) is 4.69. The molecule has 0 bridgehead atoms. The smallest absolute Gasteiger partial charge is 0.231 e. The third-order valence-electron chi connectivity index (χ3n) is 5.74. The van der Waals surface area contributed by atoms with Gasteiger partial charge >= 0.3 is 0 Å². The van der Waals surface area contributed by atoms with Crippen molar-refractivity contribution < 1.29 is 23.7 Å². The van der Waals surface area contributed by atoms with E-state index in [4.69, 9.17) is 33.7 Å². The molecule has 6 rings (SSSR count). The number of nitrogens with one attached hydrogen (secondary N) is 2. The molecule has 0 atom stereocenters. The van der Waals surface area contributed by atoms with Crippen molar-refractivity contribution >= 4 is 45.6 Å². The normalized spacial score (nSPS) is 12.0. The van der Waals surface area contributed by atoms with Gasteiger partial charge in [0.25, 0.3) is 0 Å². The van der Waals surface area contributed by atoms with Gasteiger partial charge in [-0.05, 0) is 23.6 Å². The van der Waals surface area contributed by atoms with Crippen LogP contribution < -0.4 is 34.3 Å². The van der Waals surface area contributed by atoms with Gasteiger partial charge in [0.1, 0.15) is 6.33 Å². The number of fused-ring (bicyclic) bond motifs is 2. The van der Waals surface area contributed by atoms with Crippen LogP contribution in [-0.2, 0) is 0 Å². The number of anilines is 4. The van der Waals surface area contributed by atoms with E-state index >= 15 is 0 Å². The minimum atomic E-state index is 0.199. The van der Waals surface area contributed by atoms with Gasteiger partial charge in [0.2, 0.25) is 18.5 Å². The topological polar surface area (TPSA) is 114 Å². The summed E-state index contributed by atoms with van der Waals surface area (Å²) in [6.45, 7) is 0.199. The minimum absolute atomic E-state index is 0.199. The number of thiophene rings is 1. The molecule has 3 aromatic heterocycles. The van der Waals surface area contributed by atoms with E-state index in [1.807, 2.05) is 39.6 Å². The predicted molar refractivity (Wildman–Crippen MR) is 140 cm³/mol. The first-order chi connectivity index (χ1) is 18.2. The first-order valence-electron chi connectivity index (χ1n) is 11.2. The van der Waals surface area contributed by atoms with Crippen LogP contribution in [0.1, 0.15) is 0 Å². The predicted octanol–water partition coefficient (Wildman–Crippen LogP) is 5.12. The molecule has 1 aliphatic rings. The SMILES string of the molecule is COc1cc(Nc2nc(Nc3ccc4c(c3)OCO4)c3ncn(-c4ccsc4)c3n2)cc(OC)c1OC. The van der Waals surface area contributed by atoms with Crippen LogP contribution >= 0.6 is 11.3 Å². The number of rotatable bonds is 8. The van der Waals surface area contributed by atoms with Gasteiger partial charge in [0.05, 0.1) is 27.0 Å². The molecule has 188 valence electrons. The molecule has 0 fully saturated rings. The van der Waals surface area contributed by atoms with Crippen LogP contribution in [0.2, 0.25) is 0 Å². The van der Waals surface area contributed by atoms with Gasteiger partial charge < -0.3 is 34.3 Å². The number of nitrogens with zero attached hydrogens (tertiary/aromatic N) is 4. The lowest BCUT2D eigenvalue weighted by molar-refractivity contribution is 0.174. The molecule has 11 nitrogen and oxygen atoms in total. The van der Waals surface area contributed by atoms with Crippen molar-refractivity contribution in [2.45, 2.75) is 0 Å². The van der Waals surface area contributed by atoms with Crippen molar-refractivity contribution in [3.05, 3.63) is 53.5 Å². The van der Waals surface area contributed by atoms with E-state index in [-0.39, 0.29) is 6.79 Å². The highest BCUT2D eigenvalue weighted by atomic mass is 32.1. The number of methoxy groups -OCH3 is 3. The zero-order chi connectivity index (χ0) is 25.4. The quantitative estimate of drug-likeness (QED) is 0.287. The Kier molecular flexibility index (Phi) is 5.77. The average Bonchev–Trinajstić information content (AvgIpc) is 3.68. The Bertz CT molecular complexity index is 1560. The van der Waals surface area contributed by atoms with Crippen molar-refractivity contribution in [2.75, 3.05) is 38.8 Å². The van der Waals surface area contributed by atoms with Crippen LogP contribution in [0.5, 0.6) is 28.7 Å². The number of hydrogen-bond donors (Lipinski definition) is 2. The van der Waals surface area contributed by atoms with Gasteiger partial charge in [0.15, 0.2) is 40.0 Å². The minimum Gasteiger partial charge on any atom is -0.493 e. The van der Waals surface area contributed by atoms with E-state index in [1.54, 1.807) is 51.1 Å². The average molecular weight is 519 g/mol. The summed E-state index contributed by atoms with van der Waals surface area (Å²) in [6.07, 6.45) is 1.73. The molecule has 5 aromatic rings. The lowest BCUT2D eigenvalue weighted by Crippen LogP contribution is -2.04. The second kappa shape index (κ2) is 9.39. The van der Waals surface area contributed by atoms with E-state index < -0.39 is 0 Å². The van der Waals surface area contributed by atoms with Crippen LogP contribution in [0.4, 0.5) is 23.1 Å². The molecule has 0 unspecified atom stereocenters. The molecule has 0 aliphatic carbocycles. The fourth-order valence-corrected chi connectivity index (χ4v) is 4.65. The van der Waals surface area contributed by atoms with Gasteiger partial charge in [-0.25, -0.2) is 4.98 Å². The molecule has 1 aliphatic heterocycles. The largest absolute Gasteiger partial charge is 0.493 e. The van der Waals surface area contributed by atoms with E-state index in [0.717, 1.165) is 11.4 Å². The number of hydrogen-bond acceptors (Lipinski definition) is 11. The first-order valence-corrected chi connectivity index (χ1v) is 12.1. The van der Waals surface area contributed by atoms with Gasteiger partial charge in [0, 0.05) is 35.0 Å². The standard InChI is InChI=1S/C25H22N6O5S/c1-32-19-9-15(10-20(33-2)22(19)34-3)28-25-29-23(27-14-4-5-17-18(8-14)36-13-35-17)21-24(30-25)31(12-26-21)16-6-7-37-11-16/h4-12H,13H2,1-3H3,(H2,27,28,29,30). The van der Waals surface area contributed by atoms with Crippen LogP contribution in [0.3, 0.4) is 0 Å². The Hall–Kier alpha value is -4.71. The maximum Gasteiger partial charge on any atom is 0.231 e. The highest BCUT2D eigenvalue weighted by molar-refractivity contribution is 7.08. The molecular formula is C25H22N6O5S. The number of benzene rings is 2. The molecule has 0 amide bonds. The van der Waals surface area contributed by atoms with Crippen LogP contribution in [0.25, 0.3) is 16.9 Å². The van der Waals surface area contributed by atoms with E-state index in [2.05, 4.69) is 15.6 Å². The zero-order valence-corrected chi connectivity index (χ0v) is 21.0. The lowest BCUT2D eigenvalue weighted by Gasteiger charge is -2.15. The van der Waals surface area contributed by atoms with E-state index in [9.17, 15) is 0 Å². The number of imidazole rings is 1. The number of aromatic nitrogens is 4. The summed E-state index contributed by atoms with van der Waals surface area (Å²) < 4.78 is 29.3. The zero-order valence-electron chi connectivity index (χ0n) is 20.1. The Balaban J connectivity index is 1.44. The monoisotopic (exact) mass is 518 g/mol. The summed E-state index contributed by atoms with van der Waals surface area (Å²) in [5.41, 5.74) is 3.63. The van der Waals surface area contributed by atoms with Crippen molar-refractivity contribution in [3.63, 3.8) is 0 Å². The fraction of sp³-hybridized carbons (Fsp3) is 0.160. The summed E-state index contributed by atoms with van der Waals surface area (Å²) in [4.78, 5) is 14.1. The van der Waals surface area contributed by atoms with Gasteiger partial charge in [-0.3, -0.25) is 4.57 Å². The second-order valence-corrected chi connectivity index (χ2v) is 8.68.